The van der Waals surface area contributed by atoms with E-state index in [1.165, 1.54) is 0 Å². The molecular weight excluding hydrogens is 282 g/mol. The van der Waals surface area contributed by atoms with Gasteiger partial charge >= 0.3 is 0 Å². The summed E-state index contributed by atoms with van der Waals surface area (Å²) in [4.78, 5) is 2.42. The molecule has 1 saturated heterocycles. The Balaban J connectivity index is 1.79. The molecule has 1 aromatic carbocycles. The molecular formula is C13H18BrNO2. The van der Waals surface area contributed by atoms with E-state index in [0.717, 1.165) is 55.7 Å². The summed E-state index contributed by atoms with van der Waals surface area (Å²) < 4.78 is 6.09. The van der Waals surface area contributed by atoms with Gasteiger partial charge in [-0.15, -0.1) is 0 Å². The van der Waals surface area contributed by atoms with Gasteiger partial charge in [-0.05, 0) is 46.9 Å². The first-order chi connectivity index (χ1) is 8.27. The molecule has 1 fully saturated rings. The number of aryl methyl sites for hydroxylation is 1. The highest BCUT2D eigenvalue weighted by Crippen LogP contribution is 2.28. The molecule has 2 rings (SSSR count). The van der Waals surface area contributed by atoms with Crippen LogP contribution in [0.25, 0.3) is 0 Å². The minimum atomic E-state index is 0.384. The van der Waals surface area contributed by atoms with Gasteiger partial charge in [0.15, 0.2) is 0 Å². The van der Waals surface area contributed by atoms with Crippen molar-refractivity contribution < 1.29 is 9.84 Å². The van der Waals surface area contributed by atoms with Crippen molar-refractivity contribution in [2.24, 2.45) is 0 Å². The Morgan fingerprint density at radius 1 is 1.29 bits per heavy atom. The van der Waals surface area contributed by atoms with E-state index < -0.39 is 0 Å². The normalized spacial score (nSPS) is 17.2. The van der Waals surface area contributed by atoms with Crippen LogP contribution in [0.4, 0.5) is 0 Å². The van der Waals surface area contributed by atoms with Crippen LogP contribution in [0.5, 0.6) is 5.75 Å². The van der Waals surface area contributed by atoms with E-state index in [0.29, 0.717) is 5.75 Å². The predicted octanol–water partition coefficient (Wildman–Crippen LogP) is 2.42. The summed E-state index contributed by atoms with van der Waals surface area (Å²) in [5, 5.41) is 9.85. The number of hydrogen-bond acceptors (Lipinski definition) is 3. The van der Waals surface area contributed by atoms with Crippen molar-refractivity contribution in [2.75, 3.05) is 32.8 Å². The first-order valence-corrected chi connectivity index (χ1v) is 6.83. The zero-order valence-electron chi connectivity index (χ0n) is 9.86. The van der Waals surface area contributed by atoms with E-state index in [4.69, 9.17) is 4.74 Å². The zero-order chi connectivity index (χ0) is 12.1. The maximum absolute atomic E-state index is 9.85. The number of ether oxygens (including phenoxy) is 1. The molecule has 94 valence electrons. The van der Waals surface area contributed by atoms with Crippen molar-refractivity contribution in [3.05, 3.63) is 28.2 Å². The zero-order valence-corrected chi connectivity index (χ0v) is 11.4. The van der Waals surface area contributed by atoms with Crippen molar-refractivity contribution >= 4 is 15.9 Å². The second kappa shape index (κ2) is 6.38. The molecule has 3 nitrogen and oxygen atoms in total. The number of aromatic hydroxyl groups is 1. The van der Waals surface area contributed by atoms with Gasteiger partial charge in [0.2, 0.25) is 0 Å². The lowest BCUT2D eigenvalue weighted by molar-refractivity contribution is 0.0374. The van der Waals surface area contributed by atoms with Crippen LogP contribution in [0, 0.1) is 0 Å². The lowest BCUT2D eigenvalue weighted by Crippen LogP contribution is -2.36. The van der Waals surface area contributed by atoms with Crippen LogP contribution in [0.15, 0.2) is 22.7 Å². The Kier molecular flexibility index (Phi) is 4.83. The molecule has 1 N–H and O–H groups in total. The fraction of sp³-hybridized carbons (Fsp3) is 0.538. The van der Waals surface area contributed by atoms with Crippen molar-refractivity contribution in [2.45, 2.75) is 12.8 Å². The third kappa shape index (κ3) is 3.69. The summed E-state index contributed by atoms with van der Waals surface area (Å²) in [5.74, 6) is 0.384. The predicted molar refractivity (Wildman–Crippen MR) is 71.4 cm³/mol. The van der Waals surface area contributed by atoms with Crippen molar-refractivity contribution in [3.63, 3.8) is 0 Å². The van der Waals surface area contributed by atoms with Gasteiger partial charge in [-0.3, -0.25) is 4.90 Å². The minimum Gasteiger partial charge on any atom is -0.506 e. The molecule has 0 aromatic heterocycles. The summed E-state index contributed by atoms with van der Waals surface area (Å²) in [6, 6.07) is 5.81. The number of para-hydroxylation sites is 1. The first kappa shape index (κ1) is 12.9. The number of benzene rings is 1. The SMILES string of the molecule is Oc1c(Br)cccc1CCCN1CCOCC1. The van der Waals surface area contributed by atoms with Gasteiger partial charge < -0.3 is 9.84 Å². The fourth-order valence-electron chi connectivity index (χ4n) is 2.08. The van der Waals surface area contributed by atoms with Gasteiger partial charge in [0, 0.05) is 13.1 Å². The highest BCUT2D eigenvalue weighted by molar-refractivity contribution is 9.10. The summed E-state index contributed by atoms with van der Waals surface area (Å²) in [6.45, 7) is 4.84. The molecule has 0 aliphatic carbocycles. The molecule has 0 unspecified atom stereocenters. The molecule has 0 amide bonds. The van der Waals surface area contributed by atoms with Crippen molar-refractivity contribution in [1.29, 1.82) is 0 Å². The van der Waals surface area contributed by atoms with Crippen LogP contribution < -0.4 is 0 Å². The van der Waals surface area contributed by atoms with E-state index in [1.54, 1.807) is 0 Å². The van der Waals surface area contributed by atoms with Crippen LogP contribution in [0.1, 0.15) is 12.0 Å². The van der Waals surface area contributed by atoms with Crippen LogP contribution in [0.3, 0.4) is 0 Å². The molecule has 4 heteroatoms. The smallest absolute Gasteiger partial charge is 0.132 e. The Bertz CT molecular complexity index is 364. The Hall–Kier alpha value is -0.580. The number of nitrogens with zero attached hydrogens (tertiary/aromatic N) is 1. The van der Waals surface area contributed by atoms with Crippen molar-refractivity contribution in [3.8, 4) is 5.75 Å². The van der Waals surface area contributed by atoms with Crippen LogP contribution in [0.2, 0.25) is 0 Å². The van der Waals surface area contributed by atoms with E-state index in [1.807, 2.05) is 18.2 Å². The highest BCUT2D eigenvalue weighted by Gasteiger charge is 2.10. The number of phenolic OH excluding ortho intramolecular Hbond substituents is 1. The van der Waals surface area contributed by atoms with Gasteiger partial charge in [-0.1, -0.05) is 12.1 Å². The Morgan fingerprint density at radius 2 is 2.06 bits per heavy atom. The fourth-order valence-corrected chi connectivity index (χ4v) is 2.49. The standard InChI is InChI=1S/C13H18BrNO2/c14-12-5-1-3-11(13(12)16)4-2-6-15-7-9-17-10-8-15/h1,3,5,16H,2,4,6-10H2. The lowest BCUT2D eigenvalue weighted by Gasteiger charge is -2.26. The van der Waals surface area contributed by atoms with E-state index >= 15 is 0 Å². The number of rotatable bonds is 4. The molecule has 0 atom stereocenters. The molecule has 1 aliphatic heterocycles. The Labute approximate surface area is 111 Å². The maximum Gasteiger partial charge on any atom is 0.132 e. The quantitative estimate of drug-likeness (QED) is 0.927. The number of hydrogen-bond donors (Lipinski definition) is 1. The van der Waals surface area contributed by atoms with Gasteiger partial charge in [-0.2, -0.15) is 0 Å². The van der Waals surface area contributed by atoms with Gasteiger partial charge in [0.1, 0.15) is 5.75 Å². The van der Waals surface area contributed by atoms with Crippen molar-refractivity contribution in [1.82, 2.24) is 4.90 Å². The molecule has 0 saturated carbocycles. The van der Waals surface area contributed by atoms with Crippen LogP contribution in [-0.2, 0) is 11.2 Å². The third-order valence-electron chi connectivity index (χ3n) is 3.09. The summed E-state index contributed by atoms with van der Waals surface area (Å²) in [6.07, 6.45) is 1.99. The topological polar surface area (TPSA) is 32.7 Å². The number of morpholine rings is 1. The Morgan fingerprint density at radius 3 is 2.82 bits per heavy atom. The second-order valence-corrected chi connectivity index (χ2v) is 5.16. The first-order valence-electron chi connectivity index (χ1n) is 6.04. The largest absolute Gasteiger partial charge is 0.506 e. The van der Waals surface area contributed by atoms with Crippen LogP contribution >= 0.6 is 15.9 Å². The third-order valence-corrected chi connectivity index (χ3v) is 3.73. The summed E-state index contributed by atoms with van der Waals surface area (Å²) >= 11 is 3.34. The molecule has 17 heavy (non-hydrogen) atoms. The molecule has 0 bridgehead atoms. The van der Waals surface area contributed by atoms with Gasteiger partial charge in [0.05, 0.1) is 17.7 Å². The highest BCUT2D eigenvalue weighted by atomic mass is 79.9. The van der Waals surface area contributed by atoms with E-state index in [-0.39, 0.29) is 0 Å². The summed E-state index contributed by atoms with van der Waals surface area (Å²) in [7, 11) is 0. The monoisotopic (exact) mass is 299 g/mol. The lowest BCUT2D eigenvalue weighted by atomic mass is 10.1. The van der Waals surface area contributed by atoms with Crippen LogP contribution in [-0.4, -0.2) is 42.9 Å². The van der Waals surface area contributed by atoms with Gasteiger partial charge in [0.25, 0.3) is 0 Å². The molecule has 1 heterocycles. The van der Waals surface area contributed by atoms with E-state index in [2.05, 4.69) is 20.8 Å². The molecule has 1 aliphatic rings. The second-order valence-electron chi connectivity index (χ2n) is 4.31. The number of halogens is 1. The average Bonchev–Trinajstić information content (AvgIpc) is 2.36. The van der Waals surface area contributed by atoms with Gasteiger partial charge in [-0.25, -0.2) is 0 Å². The summed E-state index contributed by atoms with van der Waals surface area (Å²) in [5.41, 5.74) is 1.02. The maximum atomic E-state index is 9.85. The molecule has 1 aromatic rings. The number of phenols is 1. The van der Waals surface area contributed by atoms with E-state index in [9.17, 15) is 5.11 Å². The average molecular weight is 300 g/mol. The molecule has 0 spiro atoms. The minimum absolute atomic E-state index is 0.384. The molecule has 0 radical (unpaired) electrons.